The molecule has 3 aromatic rings. The molecule has 1 atom stereocenters. The van der Waals surface area contributed by atoms with E-state index in [9.17, 15) is 14.0 Å². The van der Waals surface area contributed by atoms with Crippen LogP contribution in [0.25, 0.3) is 16.5 Å². The molecule has 0 aliphatic heterocycles. The Hall–Kier alpha value is -2.99. The molecular formula is C25H24ClFN2O3. The molecule has 0 spiro atoms. The van der Waals surface area contributed by atoms with Gasteiger partial charge in [0.15, 0.2) is 0 Å². The number of aryl methyl sites for hydroxylation is 1. The van der Waals surface area contributed by atoms with E-state index in [4.69, 9.17) is 16.3 Å². The lowest BCUT2D eigenvalue weighted by Crippen LogP contribution is -2.31. The van der Waals surface area contributed by atoms with Crippen LogP contribution in [0.3, 0.4) is 0 Å². The number of aromatic nitrogens is 2. The molecule has 0 amide bonds. The van der Waals surface area contributed by atoms with Gasteiger partial charge in [0.25, 0.3) is 5.91 Å². The molecule has 7 heteroatoms. The zero-order valence-corrected chi connectivity index (χ0v) is 19.0. The fraction of sp³-hybridized carbons (Fsp3) is 0.320. The summed E-state index contributed by atoms with van der Waals surface area (Å²) in [4.78, 5) is 25.7. The van der Waals surface area contributed by atoms with Crippen LogP contribution in [0, 0.1) is 18.2 Å². The second-order valence-electron chi connectivity index (χ2n) is 8.35. The first-order chi connectivity index (χ1) is 15.3. The normalized spacial score (nSPS) is 18.5. The molecule has 5 nitrogen and oxygen atoms in total. The number of benzene rings is 2. The van der Waals surface area contributed by atoms with Crippen LogP contribution in [0.15, 0.2) is 42.5 Å². The van der Waals surface area contributed by atoms with Crippen molar-refractivity contribution in [3.63, 3.8) is 0 Å². The van der Waals surface area contributed by atoms with Gasteiger partial charge in [0.2, 0.25) is 0 Å². The van der Waals surface area contributed by atoms with Crippen LogP contribution in [0.2, 0.25) is 5.02 Å². The van der Waals surface area contributed by atoms with E-state index in [2.05, 4.69) is 5.10 Å². The number of ether oxygens (including phenoxy) is 1. The lowest BCUT2D eigenvalue weighted by molar-refractivity contribution is -0.154. The summed E-state index contributed by atoms with van der Waals surface area (Å²) in [5.41, 5.74) is 2.03. The molecule has 1 aliphatic carbocycles. The summed E-state index contributed by atoms with van der Waals surface area (Å²) in [6.45, 7) is 5.78. The largest absolute Gasteiger partial charge is 0.466 e. The summed E-state index contributed by atoms with van der Waals surface area (Å²) in [7, 11) is 0. The molecular weight excluding hydrogens is 431 g/mol. The number of halogens is 2. The van der Waals surface area contributed by atoms with Crippen molar-refractivity contribution >= 4 is 40.0 Å². The average Bonchev–Trinajstić information content (AvgIpc) is 3.15. The monoisotopic (exact) mass is 454 g/mol. The van der Waals surface area contributed by atoms with Crippen molar-refractivity contribution in [1.82, 2.24) is 9.78 Å². The number of carbonyl (C=O) groups is 2. The molecule has 32 heavy (non-hydrogen) atoms. The van der Waals surface area contributed by atoms with E-state index in [-0.39, 0.29) is 11.4 Å². The van der Waals surface area contributed by atoms with Gasteiger partial charge in [-0.15, -0.1) is 0 Å². The molecule has 0 saturated carbocycles. The van der Waals surface area contributed by atoms with Crippen molar-refractivity contribution in [2.45, 2.75) is 40.0 Å². The fourth-order valence-electron chi connectivity index (χ4n) is 4.18. The summed E-state index contributed by atoms with van der Waals surface area (Å²) >= 11 is 6.31. The smallest absolute Gasteiger partial charge is 0.312 e. The number of hydrogen-bond donors (Lipinski definition) is 0. The van der Waals surface area contributed by atoms with Gasteiger partial charge in [0.05, 0.1) is 39.2 Å². The van der Waals surface area contributed by atoms with Crippen molar-refractivity contribution < 1.29 is 18.7 Å². The molecule has 1 aromatic heterocycles. The molecule has 0 N–H and O–H groups in total. The van der Waals surface area contributed by atoms with Crippen LogP contribution in [-0.4, -0.2) is 28.3 Å². The van der Waals surface area contributed by atoms with Gasteiger partial charge in [-0.25, -0.2) is 4.39 Å². The van der Waals surface area contributed by atoms with Crippen molar-refractivity contribution in [3.8, 4) is 0 Å². The maximum atomic E-state index is 14.9. The first-order valence-corrected chi connectivity index (χ1v) is 11.0. The van der Waals surface area contributed by atoms with Crippen LogP contribution in [0.1, 0.15) is 54.7 Å². The van der Waals surface area contributed by atoms with E-state index in [1.807, 2.05) is 13.0 Å². The Morgan fingerprint density at radius 2 is 2.00 bits per heavy atom. The predicted octanol–water partition coefficient (Wildman–Crippen LogP) is 5.96. The van der Waals surface area contributed by atoms with Crippen LogP contribution in [0.5, 0.6) is 0 Å². The second-order valence-corrected chi connectivity index (χ2v) is 8.75. The summed E-state index contributed by atoms with van der Waals surface area (Å²) in [6.07, 6.45) is 3.44. The Balaban J connectivity index is 1.81. The third-order valence-corrected chi connectivity index (χ3v) is 6.42. The van der Waals surface area contributed by atoms with Gasteiger partial charge < -0.3 is 4.74 Å². The number of esters is 1. The average molecular weight is 455 g/mol. The minimum atomic E-state index is -0.624. The van der Waals surface area contributed by atoms with Crippen molar-refractivity contribution in [1.29, 1.82) is 0 Å². The zero-order chi connectivity index (χ0) is 23.0. The van der Waals surface area contributed by atoms with E-state index in [0.29, 0.717) is 53.2 Å². The molecule has 166 valence electrons. The molecule has 1 unspecified atom stereocenters. The lowest BCUT2D eigenvalue weighted by Gasteiger charge is -2.30. The third kappa shape index (κ3) is 3.73. The standard InChI is InChI=1S/C25H24ClFN2O3/c1-4-32-24(31)25(3)13-11-16(12-14-25)22-21-18(27)9-6-10-19(21)29(28-22)23(30)20-15(2)7-5-8-17(20)26/h5-11H,4,12-14H2,1-3H3. The van der Waals surface area contributed by atoms with Crippen LogP contribution in [0.4, 0.5) is 4.39 Å². The molecule has 0 bridgehead atoms. The van der Waals surface area contributed by atoms with E-state index in [1.165, 1.54) is 10.7 Å². The number of rotatable bonds is 4. The highest BCUT2D eigenvalue weighted by atomic mass is 35.5. The molecule has 0 saturated heterocycles. The Kier molecular flexibility index (Phi) is 5.91. The number of allylic oxidation sites excluding steroid dienone is 2. The number of fused-ring (bicyclic) bond motifs is 1. The molecule has 0 fully saturated rings. The SMILES string of the molecule is CCOC(=O)C1(C)CC=C(c2nn(C(=O)c3c(C)cccc3Cl)c3cccc(F)c23)CC1. The second kappa shape index (κ2) is 8.51. The molecule has 2 aromatic carbocycles. The van der Waals surface area contributed by atoms with Gasteiger partial charge in [-0.1, -0.05) is 35.9 Å². The van der Waals surface area contributed by atoms with Gasteiger partial charge in [-0.05, 0) is 69.4 Å². The topological polar surface area (TPSA) is 61.2 Å². The maximum Gasteiger partial charge on any atom is 0.312 e. The molecule has 1 aliphatic rings. The van der Waals surface area contributed by atoms with E-state index >= 15 is 0 Å². The Morgan fingerprint density at radius 3 is 2.66 bits per heavy atom. The minimum Gasteiger partial charge on any atom is -0.466 e. The van der Waals surface area contributed by atoms with E-state index in [1.54, 1.807) is 44.2 Å². The van der Waals surface area contributed by atoms with Gasteiger partial charge in [-0.2, -0.15) is 9.78 Å². The Morgan fingerprint density at radius 1 is 1.25 bits per heavy atom. The summed E-state index contributed by atoms with van der Waals surface area (Å²) < 4.78 is 21.4. The number of nitrogens with zero attached hydrogens (tertiary/aromatic N) is 2. The predicted molar refractivity (Wildman–Crippen MR) is 122 cm³/mol. The zero-order valence-electron chi connectivity index (χ0n) is 18.2. The summed E-state index contributed by atoms with van der Waals surface area (Å²) in [6, 6.07) is 9.80. The fourth-order valence-corrected chi connectivity index (χ4v) is 4.49. The summed E-state index contributed by atoms with van der Waals surface area (Å²) in [5, 5.41) is 5.15. The Bertz CT molecular complexity index is 1240. The highest BCUT2D eigenvalue weighted by Crippen LogP contribution is 2.41. The van der Waals surface area contributed by atoms with E-state index < -0.39 is 17.1 Å². The van der Waals surface area contributed by atoms with E-state index in [0.717, 1.165) is 5.57 Å². The molecule has 0 radical (unpaired) electrons. The highest BCUT2D eigenvalue weighted by Gasteiger charge is 2.37. The van der Waals surface area contributed by atoms with Gasteiger partial charge in [0, 0.05) is 0 Å². The van der Waals surface area contributed by atoms with Crippen molar-refractivity contribution in [2.75, 3.05) is 6.61 Å². The van der Waals surface area contributed by atoms with Gasteiger partial charge in [-0.3, -0.25) is 9.59 Å². The number of hydrogen-bond acceptors (Lipinski definition) is 4. The third-order valence-electron chi connectivity index (χ3n) is 6.10. The number of carbonyl (C=O) groups excluding carboxylic acids is 2. The van der Waals surface area contributed by atoms with Crippen molar-refractivity contribution in [3.05, 3.63) is 70.1 Å². The van der Waals surface area contributed by atoms with Crippen LogP contribution >= 0.6 is 11.6 Å². The molecule has 4 rings (SSSR count). The summed E-state index contributed by atoms with van der Waals surface area (Å²) in [5.74, 6) is -1.10. The first-order valence-electron chi connectivity index (χ1n) is 10.6. The van der Waals surface area contributed by atoms with Gasteiger partial charge >= 0.3 is 5.97 Å². The first kappa shape index (κ1) is 22.2. The Labute approximate surface area is 190 Å². The van der Waals surface area contributed by atoms with Crippen LogP contribution < -0.4 is 0 Å². The minimum absolute atomic E-state index is 0.235. The lowest BCUT2D eigenvalue weighted by atomic mass is 9.76. The molecule has 1 heterocycles. The van der Waals surface area contributed by atoms with Crippen molar-refractivity contribution in [2.24, 2.45) is 5.41 Å². The maximum absolute atomic E-state index is 14.9. The van der Waals surface area contributed by atoms with Crippen LogP contribution in [-0.2, 0) is 9.53 Å². The highest BCUT2D eigenvalue weighted by molar-refractivity contribution is 6.34. The quantitative estimate of drug-likeness (QED) is 0.456. The van der Waals surface area contributed by atoms with Gasteiger partial charge in [0.1, 0.15) is 5.82 Å².